The van der Waals surface area contributed by atoms with Gasteiger partial charge in [0.2, 0.25) is 23.1 Å². The first-order valence-corrected chi connectivity index (χ1v) is 7.49. The molecule has 0 aromatic carbocycles. The van der Waals surface area contributed by atoms with Crippen LogP contribution in [-0.2, 0) is 4.79 Å². The Bertz CT molecular complexity index is 468. The summed E-state index contributed by atoms with van der Waals surface area (Å²) in [6, 6.07) is -0.457. The van der Waals surface area contributed by atoms with Crippen LogP contribution in [0.4, 0.5) is 11.9 Å². The summed E-state index contributed by atoms with van der Waals surface area (Å²) in [5.41, 5.74) is 0. The Kier molecular flexibility index (Phi) is 7.14. The number of nitrogens with one attached hydrogen (secondary N) is 3. The average molecular weight is 315 g/mol. The molecule has 0 saturated carbocycles. The molecule has 1 heterocycles. The third-order valence-electron chi connectivity index (χ3n) is 2.56. The molecule has 0 aliphatic heterocycles. The number of nitrogens with zero attached hydrogens (tertiary/aromatic N) is 3. The Morgan fingerprint density at radius 2 is 1.86 bits per heavy atom. The molecule has 0 fully saturated rings. The lowest BCUT2D eigenvalue weighted by Crippen LogP contribution is -2.39. The largest absolute Gasteiger partial charge is 0.354 e. The number of amides is 1. The molecule has 0 radical (unpaired) electrons. The van der Waals surface area contributed by atoms with Crippen LogP contribution in [0.1, 0.15) is 34.1 Å². The van der Waals surface area contributed by atoms with Crippen LogP contribution in [0.2, 0.25) is 5.28 Å². The molecule has 1 aromatic heterocycles. The van der Waals surface area contributed by atoms with Gasteiger partial charge in [-0.3, -0.25) is 4.79 Å². The summed E-state index contributed by atoms with van der Waals surface area (Å²) >= 11 is 5.85. The first kappa shape index (κ1) is 17.4. The van der Waals surface area contributed by atoms with Gasteiger partial charge in [0.1, 0.15) is 6.04 Å². The van der Waals surface area contributed by atoms with E-state index in [9.17, 15) is 4.79 Å². The van der Waals surface area contributed by atoms with Crippen LogP contribution in [0.15, 0.2) is 0 Å². The van der Waals surface area contributed by atoms with Crippen molar-refractivity contribution >= 4 is 29.4 Å². The van der Waals surface area contributed by atoms with Gasteiger partial charge in [0.25, 0.3) is 0 Å². The first-order chi connectivity index (χ1) is 9.92. The highest BCUT2D eigenvalue weighted by Gasteiger charge is 2.15. The van der Waals surface area contributed by atoms with Crippen LogP contribution in [-0.4, -0.2) is 40.0 Å². The number of anilines is 2. The number of rotatable bonds is 8. The molecule has 7 nitrogen and oxygen atoms in total. The van der Waals surface area contributed by atoms with Gasteiger partial charge in [0.15, 0.2) is 0 Å². The number of hydrogen-bond acceptors (Lipinski definition) is 6. The van der Waals surface area contributed by atoms with Crippen molar-refractivity contribution in [2.75, 3.05) is 23.7 Å². The number of carbonyl (C=O) groups is 1. The van der Waals surface area contributed by atoms with Crippen LogP contribution in [0.3, 0.4) is 0 Å². The maximum Gasteiger partial charge on any atom is 0.242 e. The van der Waals surface area contributed by atoms with Crippen LogP contribution < -0.4 is 16.0 Å². The number of aromatic nitrogens is 3. The lowest BCUT2D eigenvalue weighted by molar-refractivity contribution is -0.121. The molecule has 0 aliphatic carbocycles. The van der Waals surface area contributed by atoms with E-state index in [4.69, 9.17) is 11.6 Å². The van der Waals surface area contributed by atoms with E-state index in [-0.39, 0.29) is 17.1 Å². The van der Waals surface area contributed by atoms with Gasteiger partial charge in [-0.25, -0.2) is 0 Å². The fraction of sp³-hybridized carbons (Fsp3) is 0.692. The quantitative estimate of drug-likeness (QED) is 0.679. The van der Waals surface area contributed by atoms with Crippen LogP contribution in [0, 0.1) is 5.92 Å². The van der Waals surface area contributed by atoms with Crippen molar-refractivity contribution in [1.29, 1.82) is 0 Å². The number of halogens is 1. The zero-order chi connectivity index (χ0) is 15.8. The van der Waals surface area contributed by atoms with E-state index < -0.39 is 6.04 Å². The zero-order valence-electron chi connectivity index (χ0n) is 12.9. The smallest absolute Gasteiger partial charge is 0.242 e. The van der Waals surface area contributed by atoms with Gasteiger partial charge in [0, 0.05) is 13.1 Å². The Morgan fingerprint density at radius 1 is 1.19 bits per heavy atom. The second kappa shape index (κ2) is 8.61. The normalized spacial score (nSPS) is 12.1. The Labute approximate surface area is 130 Å². The summed E-state index contributed by atoms with van der Waals surface area (Å²) in [4.78, 5) is 24.0. The minimum Gasteiger partial charge on any atom is -0.354 e. The minimum absolute atomic E-state index is 0.0842. The van der Waals surface area contributed by atoms with E-state index in [2.05, 4.69) is 30.9 Å². The summed E-state index contributed by atoms with van der Waals surface area (Å²) in [7, 11) is 0. The molecule has 118 valence electrons. The standard InChI is InChI=1S/C13H23ClN6O/c1-5-6-15-12-18-11(14)19-13(20-12)17-9(4)10(21)16-7-8(2)3/h8-9H,5-7H2,1-4H3,(H,16,21)(H2,15,17,18,19,20). The van der Waals surface area contributed by atoms with E-state index in [1.54, 1.807) is 6.92 Å². The molecule has 1 rings (SSSR count). The van der Waals surface area contributed by atoms with Crippen molar-refractivity contribution in [3.8, 4) is 0 Å². The van der Waals surface area contributed by atoms with E-state index >= 15 is 0 Å². The Balaban J connectivity index is 2.64. The molecule has 1 aromatic rings. The van der Waals surface area contributed by atoms with E-state index in [1.165, 1.54) is 0 Å². The third-order valence-corrected chi connectivity index (χ3v) is 2.73. The van der Waals surface area contributed by atoms with Crippen molar-refractivity contribution in [3.05, 3.63) is 5.28 Å². The Morgan fingerprint density at radius 3 is 2.48 bits per heavy atom. The van der Waals surface area contributed by atoms with Crippen LogP contribution in [0.25, 0.3) is 0 Å². The molecular formula is C13H23ClN6O. The monoisotopic (exact) mass is 314 g/mol. The van der Waals surface area contributed by atoms with Crippen molar-refractivity contribution in [1.82, 2.24) is 20.3 Å². The lowest BCUT2D eigenvalue weighted by Gasteiger charge is -2.15. The van der Waals surface area contributed by atoms with Gasteiger partial charge >= 0.3 is 0 Å². The molecule has 3 N–H and O–H groups in total. The SMILES string of the molecule is CCCNc1nc(Cl)nc(NC(C)C(=O)NCC(C)C)n1. The molecule has 1 atom stereocenters. The van der Waals surface area contributed by atoms with Gasteiger partial charge in [0.05, 0.1) is 0 Å². The summed E-state index contributed by atoms with van der Waals surface area (Å²) in [5, 5.41) is 8.88. The van der Waals surface area contributed by atoms with Gasteiger partial charge < -0.3 is 16.0 Å². The number of hydrogen-bond donors (Lipinski definition) is 3. The number of carbonyl (C=O) groups excluding carboxylic acids is 1. The zero-order valence-corrected chi connectivity index (χ0v) is 13.7. The molecular weight excluding hydrogens is 292 g/mol. The Hall–Kier alpha value is -1.63. The summed E-state index contributed by atoms with van der Waals surface area (Å²) in [6.07, 6.45) is 0.945. The molecule has 0 bridgehead atoms. The predicted octanol–water partition coefficient (Wildman–Crippen LogP) is 1.92. The average Bonchev–Trinajstić information content (AvgIpc) is 2.41. The van der Waals surface area contributed by atoms with E-state index in [1.807, 2.05) is 20.8 Å². The highest BCUT2D eigenvalue weighted by Crippen LogP contribution is 2.10. The maximum absolute atomic E-state index is 11.9. The van der Waals surface area contributed by atoms with Gasteiger partial charge in [-0.15, -0.1) is 0 Å². The lowest BCUT2D eigenvalue weighted by atomic mass is 10.2. The highest BCUT2D eigenvalue weighted by molar-refractivity contribution is 6.28. The molecule has 0 spiro atoms. The second-order valence-electron chi connectivity index (χ2n) is 5.18. The molecule has 1 amide bonds. The van der Waals surface area contributed by atoms with E-state index in [0.29, 0.717) is 18.4 Å². The van der Waals surface area contributed by atoms with Gasteiger partial charge in [-0.1, -0.05) is 20.8 Å². The fourth-order valence-corrected chi connectivity index (χ4v) is 1.61. The molecule has 0 saturated heterocycles. The second-order valence-corrected chi connectivity index (χ2v) is 5.52. The highest BCUT2D eigenvalue weighted by atomic mass is 35.5. The summed E-state index contributed by atoms with van der Waals surface area (Å²) in [5.74, 6) is 0.968. The van der Waals surface area contributed by atoms with Crippen molar-refractivity contribution in [2.24, 2.45) is 5.92 Å². The predicted molar refractivity (Wildman–Crippen MR) is 84.6 cm³/mol. The van der Waals surface area contributed by atoms with Crippen molar-refractivity contribution < 1.29 is 4.79 Å². The maximum atomic E-state index is 11.9. The van der Waals surface area contributed by atoms with Crippen LogP contribution >= 0.6 is 11.6 Å². The van der Waals surface area contributed by atoms with Gasteiger partial charge in [-0.2, -0.15) is 15.0 Å². The molecule has 1 unspecified atom stereocenters. The molecule has 8 heteroatoms. The molecule has 21 heavy (non-hydrogen) atoms. The fourth-order valence-electron chi connectivity index (χ4n) is 1.45. The van der Waals surface area contributed by atoms with E-state index in [0.717, 1.165) is 13.0 Å². The van der Waals surface area contributed by atoms with Crippen molar-refractivity contribution in [2.45, 2.75) is 40.2 Å². The van der Waals surface area contributed by atoms with Crippen molar-refractivity contribution in [3.63, 3.8) is 0 Å². The summed E-state index contributed by atoms with van der Waals surface area (Å²) in [6.45, 7) is 9.23. The summed E-state index contributed by atoms with van der Waals surface area (Å²) < 4.78 is 0. The molecule has 0 aliphatic rings. The van der Waals surface area contributed by atoms with Crippen LogP contribution in [0.5, 0.6) is 0 Å². The topological polar surface area (TPSA) is 91.8 Å². The first-order valence-electron chi connectivity index (χ1n) is 7.12. The third kappa shape index (κ3) is 6.57. The van der Waals surface area contributed by atoms with Gasteiger partial charge in [-0.05, 0) is 30.9 Å². The minimum atomic E-state index is -0.457.